The van der Waals surface area contributed by atoms with Gasteiger partial charge in [-0.2, -0.15) is 0 Å². The molecule has 88 valence electrons. The molecule has 0 aliphatic rings. The average Bonchev–Trinajstić information content (AvgIpc) is 2.34. The Bertz CT molecular complexity index is 499. The van der Waals surface area contributed by atoms with Gasteiger partial charge in [-0.25, -0.2) is 0 Å². The molecule has 0 spiro atoms. The van der Waals surface area contributed by atoms with Crippen LogP contribution in [0, 0.1) is 10.5 Å². The van der Waals surface area contributed by atoms with Crippen molar-refractivity contribution in [2.75, 3.05) is 0 Å². The number of alkyl halides is 1. The van der Waals surface area contributed by atoms with Crippen molar-refractivity contribution in [2.24, 2.45) is 0 Å². The van der Waals surface area contributed by atoms with Crippen LogP contribution in [-0.2, 0) is 6.42 Å². The monoisotopic (exact) mass is 401 g/mol. The second kappa shape index (κ2) is 5.96. The van der Waals surface area contributed by atoms with E-state index in [1.54, 1.807) is 0 Å². The quantitative estimate of drug-likeness (QED) is 0.537. The van der Waals surface area contributed by atoms with Crippen LogP contribution in [0.15, 0.2) is 42.6 Å². The fraction of sp³-hybridized carbons (Fsp3) is 0.214. The molecule has 1 aromatic carbocycles. The van der Waals surface area contributed by atoms with Gasteiger partial charge in [0.15, 0.2) is 0 Å². The van der Waals surface area contributed by atoms with E-state index in [4.69, 9.17) is 0 Å². The topological polar surface area (TPSA) is 12.9 Å². The number of hydrogen-bond donors (Lipinski definition) is 0. The SMILES string of the molecule is Cc1cccc(C(Br)Cc2ccccn2)c1I. The molecule has 3 heteroatoms. The van der Waals surface area contributed by atoms with E-state index in [-0.39, 0.29) is 0 Å². The first-order valence-corrected chi connectivity index (χ1v) is 7.47. The predicted molar refractivity (Wildman–Crippen MR) is 83.5 cm³/mol. The van der Waals surface area contributed by atoms with E-state index in [9.17, 15) is 0 Å². The van der Waals surface area contributed by atoms with E-state index >= 15 is 0 Å². The fourth-order valence-corrected chi connectivity index (χ4v) is 3.60. The van der Waals surface area contributed by atoms with Gasteiger partial charge in [0, 0.05) is 26.7 Å². The number of hydrogen-bond acceptors (Lipinski definition) is 1. The van der Waals surface area contributed by atoms with Gasteiger partial charge in [0.05, 0.1) is 0 Å². The fourth-order valence-electron chi connectivity index (χ4n) is 1.72. The molecular formula is C14H13BrIN. The van der Waals surface area contributed by atoms with Gasteiger partial charge < -0.3 is 0 Å². The summed E-state index contributed by atoms with van der Waals surface area (Å²) in [5.74, 6) is 0. The van der Waals surface area contributed by atoms with Crippen LogP contribution < -0.4 is 0 Å². The summed E-state index contributed by atoms with van der Waals surface area (Å²) in [6, 6.07) is 12.5. The molecule has 1 atom stereocenters. The highest BCUT2D eigenvalue weighted by Crippen LogP contribution is 2.31. The Morgan fingerprint density at radius 2 is 2.06 bits per heavy atom. The van der Waals surface area contributed by atoms with Crippen LogP contribution in [0.1, 0.15) is 21.6 Å². The van der Waals surface area contributed by atoms with Crippen LogP contribution in [0.4, 0.5) is 0 Å². The molecule has 0 N–H and O–H groups in total. The van der Waals surface area contributed by atoms with E-state index in [1.807, 2.05) is 18.3 Å². The molecule has 1 unspecified atom stereocenters. The second-order valence-electron chi connectivity index (χ2n) is 3.97. The van der Waals surface area contributed by atoms with E-state index in [1.165, 1.54) is 14.7 Å². The molecule has 0 radical (unpaired) electrons. The third kappa shape index (κ3) is 3.28. The van der Waals surface area contributed by atoms with Crippen molar-refractivity contribution < 1.29 is 0 Å². The van der Waals surface area contributed by atoms with Crippen molar-refractivity contribution in [3.05, 3.63) is 63.0 Å². The molecule has 0 saturated heterocycles. The number of rotatable bonds is 3. The normalized spacial score (nSPS) is 12.4. The lowest BCUT2D eigenvalue weighted by atomic mass is 10.1. The van der Waals surface area contributed by atoms with Crippen molar-refractivity contribution in [1.29, 1.82) is 0 Å². The number of aromatic nitrogens is 1. The molecule has 0 amide bonds. The minimum absolute atomic E-state index is 0.323. The molecule has 0 fully saturated rings. The maximum absolute atomic E-state index is 4.36. The molecule has 1 heterocycles. The summed E-state index contributed by atoms with van der Waals surface area (Å²) in [5.41, 5.74) is 3.79. The summed E-state index contributed by atoms with van der Waals surface area (Å²) in [5, 5.41) is 0. The van der Waals surface area contributed by atoms with Gasteiger partial charge in [-0.3, -0.25) is 4.98 Å². The summed E-state index contributed by atoms with van der Waals surface area (Å²) in [6.45, 7) is 2.14. The van der Waals surface area contributed by atoms with E-state index in [0.29, 0.717) is 4.83 Å². The maximum atomic E-state index is 4.36. The first-order valence-electron chi connectivity index (χ1n) is 5.47. The second-order valence-corrected chi connectivity index (χ2v) is 6.15. The average molecular weight is 402 g/mol. The number of halogens is 2. The van der Waals surface area contributed by atoms with Crippen LogP contribution in [0.2, 0.25) is 0 Å². The molecule has 0 saturated carbocycles. The summed E-state index contributed by atoms with van der Waals surface area (Å²) in [7, 11) is 0. The van der Waals surface area contributed by atoms with Crippen LogP contribution in [0.5, 0.6) is 0 Å². The Morgan fingerprint density at radius 3 is 2.76 bits per heavy atom. The largest absolute Gasteiger partial charge is 0.261 e. The summed E-state index contributed by atoms with van der Waals surface area (Å²) in [6.07, 6.45) is 2.76. The van der Waals surface area contributed by atoms with Gasteiger partial charge in [-0.05, 0) is 52.8 Å². The van der Waals surface area contributed by atoms with Crippen molar-refractivity contribution >= 4 is 38.5 Å². The van der Waals surface area contributed by atoms with Crippen molar-refractivity contribution in [1.82, 2.24) is 4.98 Å². The van der Waals surface area contributed by atoms with Gasteiger partial charge in [0.2, 0.25) is 0 Å². The van der Waals surface area contributed by atoms with Crippen LogP contribution in [0.3, 0.4) is 0 Å². The van der Waals surface area contributed by atoms with Crippen molar-refractivity contribution in [3.63, 3.8) is 0 Å². The smallest absolute Gasteiger partial charge is 0.0461 e. The van der Waals surface area contributed by atoms with E-state index in [2.05, 4.69) is 74.7 Å². The Hall–Kier alpha value is -0.420. The molecule has 1 aromatic heterocycles. The lowest BCUT2D eigenvalue weighted by Crippen LogP contribution is -2.00. The first-order chi connectivity index (χ1) is 8.18. The number of nitrogens with zero attached hydrogens (tertiary/aromatic N) is 1. The van der Waals surface area contributed by atoms with Crippen LogP contribution in [-0.4, -0.2) is 4.98 Å². The Balaban J connectivity index is 2.20. The highest BCUT2D eigenvalue weighted by Gasteiger charge is 2.13. The Morgan fingerprint density at radius 1 is 1.24 bits per heavy atom. The molecule has 2 aromatic rings. The maximum Gasteiger partial charge on any atom is 0.0461 e. The molecule has 0 aliphatic carbocycles. The summed E-state index contributed by atoms with van der Waals surface area (Å²) >= 11 is 6.18. The Kier molecular flexibility index (Phi) is 4.56. The van der Waals surface area contributed by atoms with Crippen molar-refractivity contribution in [3.8, 4) is 0 Å². The molecular weight excluding hydrogens is 389 g/mol. The van der Waals surface area contributed by atoms with Crippen LogP contribution >= 0.6 is 38.5 Å². The highest BCUT2D eigenvalue weighted by atomic mass is 127. The predicted octanol–water partition coefficient (Wildman–Crippen LogP) is 4.67. The van der Waals surface area contributed by atoms with Crippen LogP contribution in [0.25, 0.3) is 0 Å². The third-order valence-electron chi connectivity index (χ3n) is 2.67. The highest BCUT2D eigenvalue weighted by molar-refractivity contribution is 14.1. The number of aryl methyl sites for hydroxylation is 1. The van der Waals surface area contributed by atoms with E-state index in [0.717, 1.165) is 12.1 Å². The molecule has 17 heavy (non-hydrogen) atoms. The summed E-state index contributed by atoms with van der Waals surface area (Å²) < 4.78 is 1.34. The Labute approximate surface area is 124 Å². The van der Waals surface area contributed by atoms with Crippen molar-refractivity contribution in [2.45, 2.75) is 18.2 Å². The zero-order valence-electron chi connectivity index (χ0n) is 9.53. The van der Waals surface area contributed by atoms with E-state index < -0.39 is 0 Å². The number of benzene rings is 1. The standard InChI is InChI=1S/C14H13BrIN/c1-10-5-4-7-12(14(10)16)13(15)9-11-6-2-3-8-17-11/h2-8,13H,9H2,1H3. The molecule has 0 aliphatic heterocycles. The first kappa shape index (κ1) is 13.0. The molecule has 2 rings (SSSR count). The minimum atomic E-state index is 0.323. The summed E-state index contributed by atoms with van der Waals surface area (Å²) in [4.78, 5) is 4.69. The van der Waals surface area contributed by atoms with Gasteiger partial charge in [-0.15, -0.1) is 0 Å². The minimum Gasteiger partial charge on any atom is -0.261 e. The van der Waals surface area contributed by atoms with Gasteiger partial charge >= 0.3 is 0 Å². The molecule has 1 nitrogen and oxygen atoms in total. The van der Waals surface area contributed by atoms with Gasteiger partial charge in [0.25, 0.3) is 0 Å². The van der Waals surface area contributed by atoms with Gasteiger partial charge in [0.1, 0.15) is 0 Å². The van der Waals surface area contributed by atoms with Gasteiger partial charge in [-0.1, -0.05) is 40.2 Å². The zero-order chi connectivity index (χ0) is 12.3. The molecule has 0 bridgehead atoms. The zero-order valence-corrected chi connectivity index (χ0v) is 13.3. The third-order valence-corrected chi connectivity index (χ3v) is 4.96. The number of pyridine rings is 1. The lowest BCUT2D eigenvalue weighted by molar-refractivity contribution is 0.898. The lowest BCUT2D eigenvalue weighted by Gasteiger charge is -2.13.